The Morgan fingerprint density at radius 3 is 1.62 bits per heavy atom. The number of nitro benzene ring substituents is 1. The van der Waals surface area contributed by atoms with Gasteiger partial charge in [-0.15, -0.1) is 11.4 Å². The number of hydrogen-bond donors (Lipinski definition) is 3. The Kier molecular flexibility index (Phi) is 16.5. The van der Waals surface area contributed by atoms with Crippen LogP contribution < -0.4 is 70.2 Å². The van der Waals surface area contributed by atoms with Crippen molar-refractivity contribution in [2.75, 3.05) is 0 Å². The Bertz CT molecular complexity index is 2880. The molecule has 0 aliphatic carbocycles. The van der Waals surface area contributed by atoms with E-state index in [1.165, 1.54) is 33.6 Å². The van der Waals surface area contributed by atoms with Crippen molar-refractivity contribution in [3.63, 3.8) is 0 Å². The van der Waals surface area contributed by atoms with E-state index in [1.54, 1.807) is 74.5 Å². The molecule has 7 aromatic rings. The summed E-state index contributed by atoms with van der Waals surface area (Å²) in [4.78, 5) is 34.7. The molecule has 2 heterocycles. The van der Waals surface area contributed by atoms with Crippen molar-refractivity contribution in [2.24, 2.45) is 20.5 Å². The summed E-state index contributed by atoms with van der Waals surface area (Å²) in [5.74, 6) is -0.913. The van der Waals surface area contributed by atoms with Gasteiger partial charge in [0, 0.05) is 40.3 Å². The summed E-state index contributed by atoms with van der Waals surface area (Å²) in [6.45, 7) is 3.22. The van der Waals surface area contributed by atoms with Crippen LogP contribution in [0, 0.1) is 24.0 Å². The van der Waals surface area contributed by atoms with E-state index < -0.39 is 42.6 Å². The number of phenols is 2. The summed E-state index contributed by atoms with van der Waals surface area (Å²) < 4.78 is 35.2. The molecule has 0 bridgehead atoms. The van der Waals surface area contributed by atoms with Crippen molar-refractivity contribution < 1.29 is 105 Å². The molecule has 284 valence electrons. The van der Waals surface area contributed by atoms with Gasteiger partial charge in [0.2, 0.25) is 0 Å². The van der Waals surface area contributed by atoms with Crippen molar-refractivity contribution in [2.45, 2.75) is 18.7 Å². The maximum absolute atomic E-state index is 12.7. The topological polar surface area (TPSA) is 257 Å². The summed E-state index contributed by atoms with van der Waals surface area (Å²) >= 11 is 0. The number of azo groups is 2. The van der Waals surface area contributed by atoms with Gasteiger partial charge in [-0.05, 0) is 30.3 Å². The number of benzene rings is 5. The average Bonchev–Trinajstić information content (AvgIpc) is 3.62. The van der Waals surface area contributed by atoms with Gasteiger partial charge in [-0.25, -0.2) is 19.6 Å². The number of aromatic nitrogens is 4. The number of fused-ring (bicyclic) bond motifs is 1. The van der Waals surface area contributed by atoms with E-state index in [1.807, 2.05) is 12.1 Å². The molecule has 7 rings (SSSR count). The van der Waals surface area contributed by atoms with Gasteiger partial charge in [-0.1, -0.05) is 85.9 Å². The normalized spacial score (nSPS) is 11.0. The second-order valence-corrected chi connectivity index (χ2v) is 13.0. The minimum Gasteiger partial charge on any atom is -0.506 e. The molecule has 0 unspecified atom stereocenters. The Morgan fingerprint density at radius 1 is 0.690 bits per heavy atom. The van der Waals surface area contributed by atoms with Gasteiger partial charge < -0.3 is 30.0 Å². The van der Waals surface area contributed by atoms with Crippen LogP contribution in [0.25, 0.3) is 22.1 Å². The third kappa shape index (κ3) is 10.4. The van der Waals surface area contributed by atoms with Gasteiger partial charge in [-0.3, -0.25) is 14.7 Å². The number of rotatable bonds is 8. The van der Waals surface area contributed by atoms with Crippen LogP contribution in [0.4, 0.5) is 28.4 Å². The number of para-hydroxylation sites is 2. The third-order valence-corrected chi connectivity index (χ3v) is 8.78. The quantitative estimate of drug-likeness (QED) is 0.0487. The summed E-state index contributed by atoms with van der Waals surface area (Å²) in [5, 5.41) is 55.2. The fourth-order valence-electron chi connectivity index (χ4n) is 5.26. The zero-order valence-electron chi connectivity index (χ0n) is 31.0. The minimum atomic E-state index is -4.57. The maximum Gasteiger partial charge on any atom is 1.00 e. The summed E-state index contributed by atoms with van der Waals surface area (Å²) in [6.07, 6.45) is 0. The Labute approximate surface area is 383 Å². The van der Waals surface area contributed by atoms with E-state index in [0.717, 1.165) is 12.1 Å². The van der Waals surface area contributed by atoms with Crippen molar-refractivity contribution in [3.8, 4) is 22.9 Å². The molecular formula is C36H27CrN9Na2O9S. The first-order valence-electron chi connectivity index (χ1n) is 15.9. The van der Waals surface area contributed by atoms with Gasteiger partial charge in [0.25, 0.3) is 15.8 Å². The first kappa shape index (κ1) is 47.4. The molecule has 2 aromatic heterocycles. The maximum atomic E-state index is 12.7. The number of nitrogens with zero attached hydrogens (tertiary/aromatic N) is 9. The molecule has 0 saturated heterocycles. The molecule has 0 saturated carbocycles. The molecular weight excluding hydrogens is 832 g/mol. The molecule has 0 amide bonds. The SMILES string of the molecule is Cc1nn(-c2ccccc2)c(=O)[c-]1N=Nc1c(O)cc(S(=O)(=O)O)c2ccccc12.Cc1nn(-c2ccccc2)c(=O)[c-]1N=Nc1ccc([N+](=O)[O-])cc1O.[Cr].[Na+].[Na+]. The number of phenolic OH excluding ortho intramolecular Hbond substituents is 2. The second-order valence-electron chi connectivity index (χ2n) is 11.6. The summed E-state index contributed by atoms with van der Waals surface area (Å²) in [5.41, 5.74) is 0.658. The van der Waals surface area contributed by atoms with Crippen LogP contribution in [-0.4, -0.2) is 47.7 Å². The number of hydrogen-bond acceptors (Lipinski definition) is 14. The summed E-state index contributed by atoms with van der Waals surface area (Å²) in [7, 11) is -4.57. The molecule has 22 heteroatoms. The molecule has 18 nitrogen and oxygen atoms in total. The molecule has 5 aromatic carbocycles. The first-order valence-corrected chi connectivity index (χ1v) is 17.4. The molecule has 0 atom stereocenters. The van der Waals surface area contributed by atoms with E-state index >= 15 is 0 Å². The molecule has 0 aliphatic heterocycles. The van der Waals surface area contributed by atoms with Gasteiger partial charge in [0.05, 0.1) is 22.4 Å². The fraction of sp³-hybridized carbons (Fsp3) is 0.0556. The number of nitro groups is 1. The van der Waals surface area contributed by atoms with Crippen LogP contribution in [-0.2, 0) is 27.5 Å². The van der Waals surface area contributed by atoms with Crippen molar-refractivity contribution >= 4 is 49.3 Å². The predicted octanol–water partition coefficient (Wildman–Crippen LogP) is 1.08. The van der Waals surface area contributed by atoms with Crippen molar-refractivity contribution in [3.05, 3.63) is 151 Å². The third-order valence-electron chi connectivity index (χ3n) is 7.89. The van der Waals surface area contributed by atoms with Crippen molar-refractivity contribution in [1.82, 2.24) is 19.6 Å². The monoisotopic (exact) mass is 859 g/mol. The first-order chi connectivity index (χ1) is 26.2. The van der Waals surface area contributed by atoms with E-state index in [9.17, 15) is 42.9 Å². The summed E-state index contributed by atoms with van der Waals surface area (Å²) in [6, 6.07) is 28.1. The molecule has 58 heavy (non-hydrogen) atoms. The number of aryl methyl sites for hydroxylation is 2. The van der Waals surface area contributed by atoms with Gasteiger partial charge >= 0.3 is 59.1 Å². The number of non-ortho nitro benzene ring substituents is 1. The van der Waals surface area contributed by atoms with Gasteiger partial charge in [0.15, 0.2) is 0 Å². The fourth-order valence-corrected chi connectivity index (χ4v) is 5.98. The van der Waals surface area contributed by atoms with E-state index in [0.29, 0.717) is 22.8 Å². The Morgan fingerprint density at radius 2 is 1.16 bits per heavy atom. The van der Waals surface area contributed by atoms with E-state index in [-0.39, 0.29) is 116 Å². The van der Waals surface area contributed by atoms with Crippen LogP contribution in [0.5, 0.6) is 11.5 Å². The molecule has 0 fully saturated rings. The predicted molar refractivity (Wildman–Crippen MR) is 199 cm³/mol. The van der Waals surface area contributed by atoms with Crippen LogP contribution >= 0.6 is 0 Å². The van der Waals surface area contributed by atoms with Crippen molar-refractivity contribution in [1.29, 1.82) is 0 Å². The van der Waals surface area contributed by atoms with Gasteiger partial charge in [-0.2, -0.15) is 18.6 Å². The van der Waals surface area contributed by atoms with Crippen LogP contribution in [0.1, 0.15) is 11.4 Å². The number of aromatic hydroxyl groups is 2. The molecule has 0 aliphatic rings. The van der Waals surface area contributed by atoms with E-state index in [2.05, 4.69) is 30.7 Å². The van der Waals surface area contributed by atoms with E-state index in [4.69, 9.17) is 0 Å². The smallest absolute Gasteiger partial charge is 0.506 e. The molecule has 0 spiro atoms. The second kappa shape index (κ2) is 20.1. The Balaban J connectivity index is 0.000000300. The zero-order valence-corrected chi connectivity index (χ0v) is 37.1. The Hall–Kier alpha value is -4.98. The standard InChI is InChI=1S/C20H15N4O5S.C16H12N5O4.Cr.2Na/c1-12-18(20(26)24(23-12)13-7-3-2-4-8-13)21-22-19-15-10-6-5-9-14(15)17(11-16(19)25)30(27,28)29;1-10-15(16(23)20(19-10)11-5-3-2-4-6-11)18-17-13-8-7-12(21(24)25)9-14(13)22;;;/h2-11,25H,1H3,(H,27,28,29);2-9,22H,1H3;;;/q2*-1;;2*+1. The molecule has 0 radical (unpaired) electrons. The average molecular weight is 860 g/mol. The van der Waals surface area contributed by atoms with Gasteiger partial charge in [0.1, 0.15) is 38.9 Å². The zero-order chi connectivity index (χ0) is 39.4. The van der Waals surface area contributed by atoms with Crippen LogP contribution in [0.15, 0.2) is 144 Å². The van der Waals surface area contributed by atoms with Crippen LogP contribution in [0.3, 0.4) is 0 Å². The largest absolute Gasteiger partial charge is 1.00 e. The minimum absolute atomic E-state index is 0. The van der Waals surface area contributed by atoms with Crippen LogP contribution in [0.2, 0.25) is 0 Å². The molecule has 3 N–H and O–H groups in total.